The molecule has 1 atom stereocenters. The topological polar surface area (TPSA) is 112 Å². The Labute approximate surface area is 179 Å². The molecule has 0 saturated carbocycles. The van der Waals surface area contributed by atoms with Gasteiger partial charge in [0.25, 0.3) is 0 Å². The van der Waals surface area contributed by atoms with Crippen molar-refractivity contribution in [3.05, 3.63) is 65.7 Å². The van der Waals surface area contributed by atoms with Crippen LogP contribution in [-0.2, 0) is 19.1 Å². The Hall–Kier alpha value is -3.78. The zero-order chi connectivity index (χ0) is 22.6. The van der Waals surface area contributed by atoms with Crippen LogP contribution in [0.3, 0.4) is 0 Å². The molecule has 2 N–H and O–H groups in total. The summed E-state index contributed by atoms with van der Waals surface area (Å²) in [7, 11) is 2.78. The van der Waals surface area contributed by atoms with Crippen molar-refractivity contribution < 1.29 is 38.7 Å². The molecule has 8 heteroatoms. The van der Waals surface area contributed by atoms with Gasteiger partial charge in [-0.25, -0.2) is 9.59 Å². The number of phenols is 1. The normalized spacial score (nSPS) is 12.0. The zero-order valence-corrected chi connectivity index (χ0v) is 17.2. The van der Waals surface area contributed by atoms with Crippen molar-refractivity contribution in [1.29, 1.82) is 0 Å². The number of carbonyl (C=O) groups is 2. The minimum Gasteiger partial charge on any atom is -0.502 e. The molecule has 0 radical (unpaired) electrons. The fraction of sp³-hybridized carbons (Fsp3) is 0.217. The van der Waals surface area contributed by atoms with Gasteiger partial charge in [-0.1, -0.05) is 30.3 Å². The second-order valence-electron chi connectivity index (χ2n) is 6.27. The van der Waals surface area contributed by atoms with Crippen molar-refractivity contribution in [2.45, 2.75) is 6.10 Å². The lowest BCUT2D eigenvalue weighted by molar-refractivity contribution is -0.146. The SMILES string of the molecule is COc1cc(/C=C/C(=O)OCC(O)COC(=O)/C=C/c2ccccc2)cc(OC)c1O. The lowest BCUT2D eigenvalue weighted by Gasteiger charge is -2.10. The number of rotatable bonds is 10. The summed E-state index contributed by atoms with van der Waals surface area (Å²) in [5.41, 5.74) is 1.37. The van der Waals surface area contributed by atoms with Crippen LogP contribution in [0.1, 0.15) is 11.1 Å². The first-order valence-corrected chi connectivity index (χ1v) is 9.30. The van der Waals surface area contributed by atoms with Crippen molar-refractivity contribution in [1.82, 2.24) is 0 Å². The number of aliphatic hydroxyl groups excluding tert-OH is 1. The van der Waals surface area contributed by atoms with E-state index in [0.29, 0.717) is 5.56 Å². The standard InChI is InChI=1S/C23H24O8/c1-28-19-12-17(13-20(29-2)23(19)27)9-11-22(26)31-15-18(24)14-30-21(25)10-8-16-6-4-3-5-7-16/h3-13,18,24,27H,14-15H2,1-2H3/b10-8+,11-9+. The quantitative estimate of drug-likeness (QED) is 0.439. The van der Waals surface area contributed by atoms with Crippen LogP contribution in [0.4, 0.5) is 0 Å². The van der Waals surface area contributed by atoms with Gasteiger partial charge in [0, 0.05) is 12.2 Å². The van der Waals surface area contributed by atoms with Gasteiger partial charge in [0.2, 0.25) is 5.75 Å². The summed E-state index contributed by atoms with van der Waals surface area (Å²) in [5.74, 6) is -1.11. The lowest BCUT2D eigenvalue weighted by Crippen LogP contribution is -2.24. The number of hydrogen-bond acceptors (Lipinski definition) is 8. The number of phenolic OH excluding ortho intramolecular Hbond substituents is 1. The van der Waals surface area contributed by atoms with Gasteiger partial charge in [0.05, 0.1) is 14.2 Å². The van der Waals surface area contributed by atoms with E-state index >= 15 is 0 Å². The van der Waals surface area contributed by atoms with Crippen LogP contribution in [0.2, 0.25) is 0 Å². The molecule has 1 unspecified atom stereocenters. The fourth-order valence-corrected chi connectivity index (χ4v) is 2.40. The predicted molar refractivity (Wildman–Crippen MR) is 114 cm³/mol. The molecule has 0 fully saturated rings. The minimum absolute atomic E-state index is 0.152. The maximum absolute atomic E-state index is 11.8. The molecular weight excluding hydrogens is 404 g/mol. The van der Waals surface area contributed by atoms with Crippen molar-refractivity contribution >= 4 is 24.1 Å². The minimum atomic E-state index is -1.17. The van der Waals surface area contributed by atoms with E-state index in [1.165, 1.54) is 38.5 Å². The van der Waals surface area contributed by atoms with Crippen LogP contribution >= 0.6 is 0 Å². The molecule has 0 amide bonds. The van der Waals surface area contributed by atoms with Gasteiger partial charge in [0.15, 0.2) is 11.5 Å². The summed E-state index contributed by atoms with van der Waals surface area (Å²) in [5, 5.41) is 19.7. The average molecular weight is 428 g/mol. The first kappa shape index (κ1) is 23.5. The van der Waals surface area contributed by atoms with Gasteiger partial charge in [-0.05, 0) is 35.4 Å². The van der Waals surface area contributed by atoms with E-state index in [-0.39, 0.29) is 30.5 Å². The summed E-state index contributed by atoms with van der Waals surface area (Å²) >= 11 is 0. The first-order chi connectivity index (χ1) is 14.9. The second kappa shape index (κ2) is 12.0. The maximum atomic E-state index is 11.8. The maximum Gasteiger partial charge on any atom is 0.330 e. The van der Waals surface area contributed by atoms with E-state index in [2.05, 4.69) is 0 Å². The number of aromatic hydroxyl groups is 1. The fourth-order valence-electron chi connectivity index (χ4n) is 2.40. The Morgan fingerprint density at radius 2 is 1.35 bits per heavy atom. The van der Waals surface area contributed by atoms with Gasteiger partial charge in [-0.3, -0.25) is 0 Å². The van der Waals surface area contributed by atoms with Gasteiger partial charge >= 0.3 is 11.9 Å². The molecular formula is C23H24O8. The summed E-state index contributed by atoms with van der Waals surface area (Å²) < 4.78 is 19.9. The van der Waals surface area contributed by atoms with Crippen LogP contribution in [0.5, 0.6) is 17.2 Å². The Morgan fingerprint density at radius 1 is 0.871 bits per heavy atom. The zero-order valence-electron chi connectivity index (χ0n) is 17.2. The van der Waals surface area contributed by atoms with Crippen LogP contribution in [0.15, 0.2) is 54.6 Å². The molecule has 164 valence electrons. The molecule has 2 aromatic rings. The summed E-state index contributed by atoms with van der Waals surface area (Å²) in [6.45, 7) is -0.664. The van der Waals surface area contributed by atoms with Crippen LogP contribution in [0, 0.1) is 0 Å². The van der Waals surface area contributed by atoms with Crippen LogP contribution < -0.4 is 9.47 Å². The lowest BCUT2D eigenvalue weighted by atomic mass is 10.1. The number of methoxy groups -OCH3 is 2. The molecule has 0 aliphatic heterocycles. The molecule has 2 aromatic carbocycles. The van der Waals surface area contributed by atoms with Crippen molar-refractivity contribution in [2.24, 2.45) is 0 Å². The number of carbonyl (C=O) groups excluding carboxylic acids is 2. The highest BCUT2D eigenvalue weighted by atomic mass is 16.6. The predicted octanol–water partition coefficient (Wildman–Crippen LogP) is 2.58. The molecule has 0 aliphatic rings. The van der Waals surface area contributed by atoms with Crippen LogP contribution in [0.25, 0.3) is 12.2 Å². The third-order valence-corrected chi connectivity index (χ3v) is 3.96. The summed E-state index contributed by atoms with van der Waals surface area (Å²) in [6.07, 6.45) is 4.25. The molecule has 0 aromatic heterocycles. The van der Waals surface area contributed by atoms with Crippen molar-refractivity contribution in [3.8, 4) is 17.2 Å². The summed E-state index contributed by atoms with van der Waals surface area (Å²) in [6, 6.07) is 12.2. The molecule has 31 heavy (non-hydrogen) atoms. The number of aliphatic hydroxyl groups is 1. The van der Waals surface area contributed by atoms with E-state index in [4.69, 9.17) is 18.9 Å². The van der Waals surface area contributed by atoms with Gasteiger partial charge in [0.1, 0.15) is 19.3 Å². The monoisotopic (exact) mass is 428 g/mol. The molecule has 0 heterocycles. The van der Waals surface area contributed by atoms with Crippen molar-refractivity contribution in [3.63, 3.8) is 0 Å². The van der Waals surface area contributed by atoms with Crippen LogP contribution in [-0.4, -0.2) is 55.7 Å². The molecule has 8 nitrogen and oxygen atoms in total. The smallest absolute Gasteiger partial charge is 0.330 e. The van der Waals surface area contributed by atoms with Crippen molar-refractivity contribution in [2.75, 3.05) is 27.4 Å². The molecule has 0 aliphatic carbocycles. The third-order valence-electron chi connectivity index (χ3n) is 3.96. The Kier molecular flexibility index (Phi) is 9.13. The van der Waals surface area contributed by atoms with E-state index in [9.17, 15) is 19.8 Å². The molecule has 0 bridgehead atoms. The van der Waals surface area contributed by atoms with E-state index in [0.717, 1.165) is 11.6 Å². The Morgan fingerprint density at radius 3 is 1.84 bits per heavy atom. The summed E-state index contributed by atoms with van der Waals surface area (Å²) in [4.78, 5) is 23.5. The van der Waals surface area contributed by atoms with Gasteiger partial charge in [-0.15, -0.1) is 0 Å². The van der Waals surface area contributed by atoms with Gasteiger partial charge < -0.3 is 29.2 Å². The third kappa shape index (κ3) is 7.87. The number of hydrogen-bond donors (Lipinski definition) is 2. The van der Waals surface area contributed by atoms with E-state index in [1.807, 2.05) is 30.3 Å². The van der Waals surface area contributed by atoms with Gasteiger partial charge in [-0.2, -0.15) is 0 Å². The molecule has 0 saturated heterocycles. The number of benzene rings is 2. The average Bonchev–Trinajstić information content (AvgIpc) is 2.79. The molecule has 0 spiro atoms. The highest BCUT2D eigenvalue weighted by Crippen LogP contribution is 2.37. The largest absolute Gasteiger partial charge is 0.502 e. The highest BCUT2D eigenvalue weighted by Gasteiger charge is 2.12. The number of ether oxygens (including phenoxy) is 4. The van der Waals surface area contributed by atoms with E-state index < -0.39 is 18.0 Å². The Bertz CT molecular complexity index is 909. The number of esters is 2. The highest BCUT2D eigenvalue weighted by molar-refractivity contribution is 5.87. The first-order valence-electron chi connectivity index (χ1n) is 9.30. The Balaban J connectivity index is 1.78. The van der Waals surface area contributed by atoms with E-state index in [1.54, 1.807) is 6.08 Å². The molecule has 2 rings (SSSR count). The second-order valence-corrected chi connectivity index (χ2v) is 6.27.